The van der Waals surface area contributed by atoms with E-state index < -0.39 is 0 Å². The molecule has 1 heterocycles. The lowest BCUT2D eigenvalue weighted by Crippen LogP contribution is -2.27. The molecule has 1 fully saturated rings. The summed E-state index contributed by atoms with van der Waals surface area (Å²) >= 11 is 0. The molecule has 0 amide bonds. The smallest absolute Gasteiger partial charge is 0.0588 e. The third kappa shape index (κ3) is 4.40. The lowest BCUT2D eigenvalue weighted by atomic mass is 10.0. The Hall–Kier alpha value is -0.120. The monoisotopic (exact) mass is 200 g/mol. The van der Waals surface area contributed by atoms with E-state index in [4.69, 9.17) is 10.5 Å². The zero-order valence-electron chi connectivity index (χ0n) is 9.30. The van der Waals surface area contributed by atoms with Crippen LogP contribution in [0.25, 0.3) is 0 Å². The van der Waals surface area contributed by atoms with Crippen LogP contribution in [-0.2, 0) is 4.74 Å². The molecule has 0 radical (unpaired) electrons. The third-order valence-electron chi connectivity index (χ3n) is 3.00. The standard InChI is InChI=1S/C11H24N2O/c1-10-11(5-8-14-10)9-13-7-4-2-3-6-12/h10-11,13H,2-9,12H2,1H3. The van der Waals surface area contributed by atoms with Gasteiger partial charge in [0.05, 0.1) is 6.10 Å². The second kappa shape index (κ2) is 7.21. The SMILES string of the molecule is CC1OCCC1CNCCCCCN. The van der Waals surface area contributed by atoms with E-state index in [2.05, 4.69) is 12.2 Å². The van der Waals surface area contributed by atoms with Gasteiger partial charge in [0.25, 0.3) is 0 Å². The van der Waals surface area contributed by atoms with Crippen molar-refractivity contribution in [2.45, 2.75) is 38.7 Å². The highest BCUT2D eigenvalue weighted by Crippen LogP contribution is 2.19. The van der Waals surface area contributed by atoms with Crippen LogP contribution in [0.3, 0.4) is 0 Å². The van der Waals surface area contributed by atoms with Crippen molar-refractivity contribution in [3.8, 4) is 0 Å². The molecule has 0 aromatic carbocycles. The number of ether oxygens (including phenoxy) is 1. The van der Waals surface area contributed by atoms with Gasteiger partial charge in [0.1, 0.15) is 0 Å². The molecule has 1 aliphatic heterocycles. The van der Waals surface area contributed by atoms with Gasteiger partial charge in [0, 0.05) is 13.2 Å². The Kier molecular flexibility index (Phi) is 6.15. The van der Waals surface area contributed by atoms with Crippen molar-refractivity contribution in [1.29, 1.82) is 0 Å². The van der Waals surface area contributed by atoms with E-state index in [0.29, 0.717) is 6.10 Å². The van der Waals surface area contributed by atoms with Crippen LogP contribution in [0.2, 0.25) is 0 Å². The minimum Gasteiger partial charge on any atom is -0.378 e. The van der Waals surface area contributed by atoms with Crippen LogP contribution < -0.4 is 11.1 Å². The minimum atomic E-state index is 0.451. The van der Waals surface area contributed by atoms with Gasteiger partial charge in [-0.2, -0.15) is 0 Å². The topological polar surface area (TPSA) is 47.3 Å². The molecule has 84 valence electrons. The van der Waals surface area contributed by atoms with Crippen molar-refractivity contribution in [1.82, 2.24) is 5.32 Å². The van der Waals surface area contributed by atoms with Gasteiger partial charge in [-0.1, -0.05) is 6.42 Å². The van der Waals surface area contributed by atoms with Crippen LogP contribution in [0.1, 0.15) is 32.6 Å². The molecule has 0 aromatic rings. The summed E-state index contributed by atoms with van der Waals surface area (Å²) in [6.07, 6.45) is 5.33. The van der Waals surface area contributed by atoms with Crippen LogP contribution >= 0.6 is 0 Å². The van der Waals surface area contributed by atoms with Crippen molar-refractivity contribution in [3.63, 3.8) is 0 Å². The predicted molar refractivity (Wildman–Crippen MR) is 59.3 cm³/mol. The van der Waals surface area contributed by atoms with Gasteiger partial charge in [0.15, 0.2) is 0 Å². The molecule has 14 heavy (non-hydrogen) atoms. The highest BCUT2D eigenvalue weighted by atomic mass is 16.5. The molecule has 0 aromatic heterocycles. The molecular weight excluding hydrogens is 176 g/mol. The molecule has 3 heteroatoms. The van der Waals surface area contributed by atoms with Crippen LogP contribution in [0.5, 0.6) is 0 Å². The van der Waals surface area contributed by atoms with E-state index in [-0.39, 0.29) is 0 Å². The van der Waals surface area contributed by atoms with Crippen LogP contribution in [0, 0.1) is 5.92 Å². The highest BCUT2D eigenvalue weighted by molar-refractivity contribution is 4.74. The molecule has 3 nitrogen and oxygen atoms in total. The van der Waals surface area contributed by atoms with Gasteiger partial charge in [-0.25, -0.2) is 0 Å². The first-order valence-electron chi connectivity index (χ1n) is 5.87. The second-order valence-corrected chi connectivity index (χ2v) is 4.18. The van der Waals surface area contributed by atoms with Crippen LogP contribution in [0.15, 0.2) is 0 Å². The predicted octanol–water partition coefficient (Wildman–Crippen LogP) is 1.13. The van der Waals surface area contributed by atoms with Crippen molar-refractivity contribution >= 4 is 0 Å². The van der Waals surface area contributed by atoms with Crippen molar-refractivity contribution in [2.75, 3.05) is 26.2 Å². The highest BCUT2D eigenvalue weighted by Gasteiger charge is 2.23. The summed E-state index contributed by atoms with van der Waals surface area (Å²) in [6, 6.07) is 0. The molecule has 1 rings (SSSR count). The molecule has 0 spiro atoms. The normalized spacial score (nSPS) is 27.0. The Bertz CT molecular complexity index is 141. The molecule has 2 unspecified atom stereocenters. The largest absolute Gasteiger partial charge is 0.378 e. The van der Waals surface area contributed by atoms with Gasteiger partial charge in [-0.05, 0) is 45.2 Å². The zero-order chi connectivity index (χ0) is 10.2. The molecule has 0 saturated carbocycles. The number of hydrogen-bond acceptors (Lipinski definition) is 3. The maximum atomic E-state index is 5.50. The molecule has 2 atom stereocenters. The Morgan fingerprint density at radius 1 is 1.36 bits per heavy atom. The van der Waals surface area contributed by atoms with Gasteiger partial charge in [0.2, 0.25) is 0 Å². The Morgan fingerprint density at radius 3 is 2.86 bits per heavy atom. The third-order valence-corrected chi connectivity index (χ3v) is 3.00. The van der Waals surface area contributed by atoms with Crippen LogP contribution in [-0.4, -0.2) is 32.3 Å². The van der Waals surface area contributed by atoms with Crippen molar-refractivity contribution in [2.24, 2.45) is 11.7 Å². The van der Waals surface area contributed by atoms with E-state index in [1.165, 1.54) is 19.3 Å². The number of nitrogens with one attached hydrogen (secondary N) is 1. The lowest BCUT2D eigenvalue weighted by molar-refractivity contribution is 0.105. The summed E-state index contributed by atoms with van der Waals surface area (Å²) in [4.78, 5) is 0. The van der Waals surface area contributed by atoms with Gasteiger partial charge >= 0.3 is 0 Å². The van der Waals surface area contributed by atoms with Crippen LogP contribution in [0.4, 0.5) is 0 Å². The average Bonchev–Trinajstić information content (AvgIpc) is 2.58. The number of rotatable bonds is 7. The quantitative estimate of drug-likeness (QED) is 0.606. The van der Waals surface area contributed by atoms with Gasteiger partial charge < -0.3 is 15.8 Å². The van der Waals surface area contributed by atoms with Gasteiger partial charge in [-0.3, -0.25) is 0 Å². The lowest BCUT2D eigenvalue weighted by Gasteiger charge is -2.14. The fraction of sp³-hybridized carbons (Fsp3) is 1.00. The summed E-state index contributed by atoms with van der Waals surface area (Å²) in [6.45, 7) is 6.19. The first-order chi connectivity index (χ1) is 6.84. The molecular formula is C11H24N2O. The summed E-state index contributed by atoms with van der Waals surface area (Å²) in [5.74, 6) is 0.726. The fourth-order valence-corrected chi connectivity index (χ4v) is 1.90. The summed E-state index contributed by atoms with van der Waals surface area (Å²) in [5.41, 5.74) is 5.42. The van der Waals surface area contributed by atoms with Crippen molar-refractivity contribution in [3.05, 3.63) is 0 Å². The Morgan fingerprint density at radius 2 is 2.21 bits per heavy atom. The first kappa shape index (κ1) is 12.0. The van der Waals surface area contributed by atoms with E-state index in [1.807, 2.05) is 0 Å². The van der Waals surface area contributed by atoms with E-state index in [1.54, 1.807) is 0 Å². The maximum absolute atomic E-state index is 5.50. The van der Waals surface area contributed by atoms with Crippen molar-refractivity contribution < 1.29 is 4.74 Å². The molecule has 1 saturated heterocycles. The van der Waals surface area contributed by atoms with E-state index >= 15 is 0 Å². The molecule has 3 N–H and O–H groups in total. The van der Waals surface area contributed by atoms with E-state index in [9.17, 15) is 0 Å². The number of unbranched alkanes of at least 4 members (excludes halogenated alkanes) is 2. The average molecular weight is 200 g/mol. The molecule has 0 bridgehead atoms. The molecule has 0 aliphatic carbocycles. The molecule has 1 aliphatic rings. The maximum Gasteiger partial charge on any atom is 0.0588 e. The minimum absolute atomic E-state index is 0.451. The fourth-order valence-electron chi connectivity index (χ4n) is 1.90. The number of nitrogens with two attached hydrogens (primary N) is 1. The zero-order valence-corrected chi connectivity index (χ0v) is 9.30. The first-order valence-corrected chi connectivity index (χ1v) is 5.87. The Balaban J connectivity index is 1.88. The second-order valence-electron chi connectivity index (χ2n) is 4.18. The van der Waals surface area contributed by atoms with E-state index in [0.717, 1.165) is 38.6 Å². The Labute approximate surface area is 87.4 Å². The summed E-state index contributed by atoms with van der Waals surface area (Å²) in [5, 5.41) is 3.50. The van der Waals surface area contributed by atoms with Gasteiger partial charge in [-0.15, -0.1) is 0 Å². The summed E-state index contributed by atoms with van der Waals surface area (Å²) < 4.78 is 5.50. The summed E-state index contributed by atoms with van der Waals surface area (Å²) in [7, 11) is 0. The number of hydrogen-bond donors (Lipinski definition) is 2.